The molecule has 1 amide bonds. The lowest BCUT2D eigenvalue weighted by Crippen LogP contribution is -2.13. The normalized spacial score (nSPS) is 10.3. The highest BCUT2D eigenvalue weighted by molar-refractivity contribution is 6.04. The molecular weight excluding hydrogens is 264 g/mol. The summed E-state index contributed by atoms with van der Waals surface area (Å²) in [6, 6.07) is 11.1. The minimum Gasteiger partial charge on any atom is -0.496 e. The number of ether oxygens (including phenoxy) is 1. The number of hydrogen-bond donors (Lipinski definition) is 2. The molecule has 0 aliphatic rings. The third-order valence-electron chi connectivity index (χ3n) is 3.51. The lowest BCUT2D eigenvalue weighted by atomic mass is 10.1. The highest BCUT2D eigenvalue weighted by Gasteiger charge is 2.11. The van der Waals surface area contributed by atoms with E-state index in [2.05, 4.69) is 5.32 Å². The first-order chi connectivity index (χ1) is 10.1. The fourth-order valence-corrected chi connectivity index (χ4v) is 2.26. The average molecular weight is 284 g/mol. The third-order valence-corrected chi connectivity index (χ3v) is 3.51. The number of carbonyl (C=O) groups is 1. The van der Waals surface area contributed by atoms with Crippen molar-refractivity contribution in [1.29, 1.82) is 0 Å². The van der Waals surface area contributed by atoms with Gasteiger partial charge in [-0.2, -0.15) is 0 Å². The predicted octanol–water partition coefficient (Wildman–Crippen LogP) is 3.02. The molecule has 2 rings (SSSR count). The molecule has 21 heavy (non-hydrogen) atoms. The van der Waals surface area contributed by atoms with E-state index in [0.717, 1.165) is 28.1 Å². The van der Waals surface area contributed by atoms with Gasteiger partial charge in [-0.05, 0) is 43.2 Å². The lowest BCUT2D eigenvalue weighted by molar-refractivity contribution is 0.102. The maximum Gasteiger partial charge on any atom is 0.255 e. The molecule has 0 saturated heterocycles. The highest BCUT2D eigenvalue weighted by Crippen LogP contribution is 2.29. The molecule has 3 N–H and O–H groups in total. The van der Waals surface area contributed by atoms with Gasteiger partial charge in [-0.3, -0.25) is 4.79 Å². The van der Waals surface area contributed by atoms with E-state index >= 15 is 0 Å². The van der Waals surface area contributed by atoms with Gasteiger partial charge in [0.1, 0.15) is 5.75 Å². The second kappa shape index (κ2) is 6.41. The Bertz CT molecular complexity index is 649. The fraction of sp³-hybridized carbons (Fsp3) is 0.235. The van der Waals surface area contributed by atoms with Crippen molar-refractivity contribution in [2.45, 2.75) is 20.4 Å². The van der Waals surface area contributed by atoms with Crippen LogP contribution in [0.2, 0.25) is 0 Å². The number of anilines is 1. The summed E-state index contributed by atoms with van der Waals surface area (Å²) in [4.78, 5) is 12.3. The van der Waals surface area contributed by atoms with Crippen LogP contribution in [0.3, 0.4) is 0 Å². The number of nitrogens with one attached hydrogen (secondary N) is 1. The van der Waals surface area contributed by atoms with Crippen molar-refractivity contribution < 1.29 is 9.53 Å². The quantitative estimate of drug-likeness (QED) is 0.907. The average Bonchev–Trinajstić information content (AvgIpc) is 2.50. The summed E-state index contributed by atoms with van der Waals surface area (Å²) in [7, 11) is 1.63. The first-order valence-corrected chi connectivity index (χ1v) is 6.81. The topological polar surface area (TPSA) is 64.3 Å². The number of benzene rings is 2. The van der Waals surface area contributed by atoms with E-state index in [0.29, 0.717) is 12.1 Å². The molecule has 2 aromatic rings. The summed E-state index contributed by atoms with van der Waals surface area (Å²) in [5, 5.41) is 2.92. The molecule has 0 radical (unpaired) electrons. The summed E-state index contributed by atoms with van der Waals surface area (Å²) in [6.45, 7) is 4.37. The van der Waals surface area contributed by atoms with Gasteiger partial charge >= 0.3 is 0 Å². The third kappa shape index (κ3) is 3.23. The number of carbonyl (C=O) groups excluding carboxylic acids is 1. The van der Waals surface area contributed by atoms with Gasteiger partial charge in [0.15, 0.2) is 0 Å². The monoisotopic (exact) mass is 284 g/mol. The van der Waals surface area contributed by atoms with Gasteiger partial charge in [-0.15, -0.1) is 0 Å². The highest BCUT2D eigenvalue weighted by atomic mass is 16.5. The Labute approximate surface area is 124 Å². The van der Waals surface area contributed by atoms with Crippen molar-refractivity contribution in [2.75, 3.05) is 12.4 Å². The van der Waals surface area contributed by atoms with Crippen molar-refractivity contribution in [2.24, 2.45) is 5.73 Å². The molecule has 0 fully saturated rings. The van der Waals surface area contributed by atoms with Crippen LogP contribution < -0.4 is 15.8 Å². The van der Waals surface area contributed by atoms with E-state index < -0.39 is 0 Å². The van der Waals surface area contributed by atoms with Crippen molar-refractivity contribution >= 4 is 11.6 Å². The fourth-order valence-electron chi connectivity index (χ4n) is 2.26. The number of nitrogens with two attached hydrogens (primary N) is 1. The van der Waals surface area contributed by atoms with Crippen LogP contribution in [0, 0.1) is 13.8 Å². The van der Waals surface area contributed by atoms with E-state index in [4.69, 9.17) is 10.5 Å². The molecule has 0 aromatic heterocycles. The van der Waals surface area contributed by atoms with Crippen LogP contribution in [0.1, 0.15) is 27.0 Å². The zero-order chi connectivity index (χ0) is 15.4. The maximum atomic E-state index is 12.3. The molecule has 0 saturated carbocycles. The summed E-state index contributed by atoms with van der Waals surface area (Å²) in [5.74, 6) is 0.652. The second-order valence-electron chi connectivity index (χ2n) is 4.94. The van der Waals surface area contributed by atoms with Crippen molar-refractivity contribution in [3.05, 3.63) is 58.7 Å². The molecule has 4 nitrogen and oxygen atoms in total. The molecule has 0 atom stereocenters. The van der Waals surface area contributed by atoms with Crippen molar-refractivity contribution in [1.82, 2.24) is 0 Å². The van der Waals surface area contributed by atoms with E-state index in [1.807, 2.05) is 38.1 Å². The number of rotatable bonds is 4. The SMILES string of the molecule is COc1c(C)ccc(NC(=O)c2ccc(CN)cc2)c1C. The summed E-state index contributed by atoms with van der Waals surface area (Å²) in [5.41, 5.74) is 9.87. The molecule has 110 valence electrons. The van der Waals surface area contributed by atoms with Crippen LogP contribution in [0.25, 0.3) is 0 Å². The Morgan fingerprint density at radius 2 is 1.81 bits per heavy atom. The number of methoxy groups -OCH3 is 1. The Hall–Kier alpha value is -2.33. The molecule has 0 aliphatic heterocycles. The minimum atomic E-state index is -0.146. The molecule has 0 bridgehead atoms. The molecule has 2 aromatic carbocycles. The van der Waals surface area contributed by atoms with E-state index in [1.165, 1.54) is 0 Å². The Kier molecular flexibility index (Phi) is 4.60. The van der Waals surface area contributed by atoms with Crippen LogP contribution in [0.5, 0.6) is 5.75 Å². The van der Waals surface area contributed by atoms with Crippen LogP contribution in [0.4, 0.5) is 5.69 Å². The second-order valence-corrected chi connectivity index (χ2v) is 4.94. The summed E-state index contributed by atoms with van der Waals surface area (Å²) < 4.78 is 5.37. The molecule has 0 spiro atoms. The first kappa shape index (κ1) is 15.1. The smallest absolute Gasteiger partial charge is 0.255 e. The van der Waals surface area contributed by atoms with Crippen LogP contribution in [-0.4, -0.2) is 13.0 Å². The lowest BCUT2D eigenvalue weighted by Gasteiger charge is -2.14. The van der Waals surface area contributed by atoms with Gasteiger partial charge in [-0.1, -0.05) is 18.2 Å². The van der Waals surface area contributed by atoms with Gasteiger partial charge < -0.3 is 15.8 Å². The molecule has 0 aliphatic carbocycles. The van der Waals surface area contributed by atoms with Gasteiger partial charge in [0, 0.05) is 23.4 Å². The number of amides is 1. The van der Waals surface area contributed by atoms with Crippen LogP contribution in [-0.2, 0) is 6.54 Å². The van der Waals surface area contributed by atoms with Crippen molar-refractivity contribution in [3.8, 4) is 5.75 Å². The molecule has 0 unspecified atom stereocenters. The zero-order valence-corrected chi connectivity index (χ0v) is 12.6. The van der Waals surface area contributed by atoms with E-state index in [-0.39, 0.29) is 5.91 Å². The largest absolute Gasteiger partial charge is 0.496 e. The Balaban J connectivity index is 2.23. The predicted molar refractivity (Wildman–Crippen MR) is 84.8 cm³/mol. The Morgan fingerprint density at radius 1 is 1.14 bits per heavy atom. The van der Waals surface area contributed by atoms with Crippen LogP contribution in [0.15, 0.2) is 36.4 Å². The summed E-state index contributed by atoms with van der Waals surface area (Å²) in [6.07, 6.45) is 0. The summed E-state index contributed by atoms with van der Waals surface area (Å²) >= 11 is 0. The molecule has 0 heterocycles. The van der Waals surface area contributed by atoms with E-state index in [9.17, 15) is 4.79 Å². The Morgan fingerprint density at radius 3 is 2.38 bits per heavy atom. The first-order valence-electron chi connectivity index (χ1n) is 6.81. The standard InChI is InChI=1S/C17H20N2O2/c1-11-4-9-15(12(2)16(11)21-3)19-17(20)14-7-5-13(10-18)6-8-14/h4-9H,10,18H2,1-3H3,(H,19,20). The van der Waals surface area contributed by atoms with Gasteiger partial charge in [0.05, 0.1) is 7.11 Å². The number of aryl methyl sites for hydroxylation is 1. The minimum absolute atomic E-state index is 0.146. The van der Waals surface area contributed by atoms with E-state index in [1.54, 1.807) is 19.2 Å². The molecule has 4 heteroatoms. The maximum absolute atomic E-state index is 12.3. The van der Waals surface area contributed by atoms with Crippen LogP contribution >= 0.6 is 0 Å². The van der Waals surface area contributed by atoms with Gasteiger partial charge in [0.25, 0.3) is 5.91 Å². The molecular formula is C17H20N2O2. The van der Waals surface area contributed by atoms with Gasteiger partial charge in [0.2, 0.25) is 0 Å². The van der Waals surface area contributed by atoms with Gasteiger partial charge in [-0.25, -0.2) is 0 Å². The number of hydrogen-bond acceptors (Lipinski definition) is 3. The van der Waals surface area contributed by atoms with Crippen molar-refractivity contribution in [3.63, 3.8) is 0 Å². The zero-order valence-electron chi connectivity index (χ0n) is 12.6.